The van der Waals surface area contributed by atoms with E-state index in [0.717, 1.165) is 22.8 Å². The van der Waals surface area contributed by atoms with Crippen molar-refractivity contribution in [3.05, 3.63) is 41.6 Å². The molecular formula is C14H16N4O. The molecule has 0 bridgehead atoms. The number of para-hydroxylation sites is 1. The Kier molecular flexibility index (Phi) is 2.74. The van der Waals surface area contributed by atoms with Gasteiger partial charge in [0.05, 0.1) is 11.6 Å². The number of benzene rings is 1. The number of rotatable bonds is 2. The van der Waals surface area contributed by atoms with Crippen LogP contribution >= 0.6 is 0 Å². The number of aromatic nitrogens is 2. The average molecular weight is 256 g/mol. The number of nitrogens with zero attached hydrogens (tertiary/aromatic N) is 2. The Morgan fingerprint density at radius 3 is 3.00 bits per heavy atom. The minimum atomic E-state index is -0.147. The van der Waals surface area contributed by atoms with E-state index in [-0.39, 0.29) is 11.8 Å². The summed E-state index contributed by atoms with van der Waals surface area (Å²) in [6.45, 7) is 2.55. The zero-order valence-corrected chi connectivity index (χ0v) is 11.0. The summed E-state index contributed by atoms with van der Waals surface area (Å²) in [7, 11) is 1.82. The summed E-state index contributed by atoms with van der Waals surface area (Å²) in [5, 5.41) is 10.4. The van der Waals surface area contributed by atoms with Gasteiger partial charge in [-0.2, -0.15) is 5.10 Å². The van der Waals surface area contributed by atoms with E-state index in [1.54, 1.807) is 4.68 Å². The molecule has 0 fully saturated rings. The standard InChI is InChI=1S/C14H16N4O/c1-9-7-13(18(2)17-9)16-14(19)11-8-15-12-6-4-3-5-10(11)12/h3-7,11,15H,8H2,1-2H3,(H,16,19). The monoisotopic (exact) mass is 256 g/mol. The van der Waals surface area contributed by atoms with E-state index in [1.807, 2.05) is 44.3 Å². The van der Waals surface area contributed by atoms with Gasteiger partial charge in [-0.25, -0.2) is 0 Å². The molecule has 1 aliphatic heterocycles. The lowest BCUT2D eigenvalue weighted by molar-refractivity contribution is -0.117. The molecule has 0 saturated heterocycles. The summed E-state index contributed by atoms with van der Waals surface area (Å²) < 4.78 is 1.68. The number of amides is 1. The van der Waals surface area contributed by atoms with Gasteiger partial charge in [-0.3, -0.25) is 9.48 Å². The second-order valence-electron chi connectivity index (χ2n) is 4.80. The van der Waals surface area contributed by atoms with Crippen molar-refractivity contribution in [1.82, 2.24) is 9.78 Å². The molecule has 3 rings (SSSR count). The van der Waals surface area contributed by atoms with E-state index in [2.05, 4.69) is 15.7 Å². The molecule has 2 aromatic rings. The number of nitrogens with one attached hydrogen (secondary N) is 2. The van der Waals surface area contributed by atoms with Crippen LogP contribution in [0.3, 0.4) is 0 Å². The smallest absolute Gasteiger partial charge is 0.234 e. The summed E-state index contributed by atoms with van der Waals surface area (Å²) in [5.41, 5.74) is 2.99. The summed E-state index contributed by atoms with van der Waals surface area (Å²) in [5.74, 6) is 0.582. The Balaban J connectivity index is 1.81. The lowest BCUT2D eigenvalue weighted by atomic mass is 10.0. The quantitative estimate of drug-likeness (QED) is 0.862. The van der Waals surface area contributed by atoms with Crippen LogP contribution in [0.15, 0.2) is 30.3 Å². The maximum absolute atomic E-state index is 12.3. The second-order valence-corrected chi connectivity index (χ2v) is 4.80. The first kappa shape index (κ1) is 11.8. The van der Waals surface area contributed by atoms with E-state index in [4.69, 9.17) is 0 Å². The number of anilines is 2. The van der Waals surface area contributed by atoms with Crippen LogP contribution in [-0.4, -0.2) is 22.2 Å². The van der Waals surface area contributed by atoms with Crippen molar-refractivity contribution < 1.29 is 4.79 Å². The molecule has 0 radical (unpaired) electrons. The second kappa shape index (κ2) is 4.42. The Labute approximate surface area is 111 Å². The predicted octanol–water partition coefficient (Wildman–Crippen LogP) is 1.88. The molecule has 0 spiro atoms. The highest BCUT2D eigenvalue weighted by Crippen LogP contribution is 2.31. The fraction of sp³-hybridized carbons (Fsp3) is 0.286. The zero-order chi connectivity index (χ0) is 13.4. The van der Waals surface area contributed by atoms with Crippen LogP contribution in [-0.2, 0) is 11.8 Å². The van der Waals surface area contributed by atoms with Crippen LogP contribution in [0.2, 0.25) is 0 Å². The minimum absolute atomic E-state index is 0.000417. The lowest BCUT2D eigenvalue weighted by Gasteiger charge is -2.11. The van der Waals surface area contributed by atoms with Crippen LogP contribution < -0.4 is 10.6 Å². The molecule has 2 heterocycles. The largest absolute Gasteiger partial charge is 0.384 e. The van der Waals surface area contributed by atoms with Crippen molar-refractivity contribution in [2.24, 2.45) is 7.05 Å². The molecule has 5 heteroatoms. The Hall–Kier alpha value is -2.30. The normalized spacial score (nSPS) is 16.8. The van der Waals surface area contributed by atoms with E-state index in [1.165, 1.54) is 0 Å². The number of hydrogen-bond donors (Lipinski definition) is 2. The third-order valence-corrected chi connectivity index (χ3v) is 3.40. The molecule has 1 aromatic carbocycles. The fourth-order valence-corrected chi connectivity index (χ4v) is 2.46. The summed E-state index contributed by atoms with van der Waals surface area (Å²) >= 11 is 0. The molecule has 19 heavy (non-hydrogen) atoms. The SMILES string of the molecule is Cc1cc(NC(=O)C2CNc3ccccc32)n(C)n1. The third kappa shape index (κ3) is 2.07. The molecule has 1 unspecified atom stereocenters. The molecule has 2 N–H and O–H groups in total. The molecule has 0 aliphatic carbocycles. The lowest BCUT2D eigenvalue weighted by Crippen LogP contribution is -2.23. The molecule has 1 aromatic heterocycles. The highest BCUT2D eigenvalue weighted by Gasteiger charge is 2.28. The predicted molar refractivity (Wildman–Crippen MR) is 74.2 cm³/mol. The molecule has 98 valence electrons. The topological polar surface area (TPSA) is 59.0 Å². The van der Waals surface area contributed by atoms with Gasteiger partial charge in [0, 0.05) is 25.3 Å². The minimum Gasteiger partial charge on any atom is -0.384 e. The average Bonchev–Trinajstić information content (AvgIpc) is 2.93. The van der Waals surface area contributed by atoms with Gasteiger partial charge < -0.3 is 10.6 Å². The maximum Gasteiger partial charge on any atom is 0.234 e. The van der Waals surface area contributed by atoms with Gasteiger partial charge in [0.1, 0.15) is 5.82 Å². The molecule has 1 aliphatic rings. The first-order valence-corrected chi connectivity index (χ1v) is 6.29. The fourth-order valence-electron chi connectivity index (χ4n) is 2.46. The highest BCUT2D eigenvalue weighted by atomic mass is 16.2. The van der Waals surface area contributed by atoms with Gasteiger partial charge in [0.25, 0.3) is 0 Å². The van der Waals surface area contributed by atoms with Gasteiger partial charge in [-0.15, -0.1) is 0 Å². The summed E-state index contributed by atoms with van der Waals surface area (Å²) in [4.78, 5) is 12.3. The molecule has 1 atom stereocenters. The van der Waals surface area contributed by atoms with Crippen molar-refractivity contribution in [2.45, 2.75) is 12.8 Å². The number of hydrogen-bond acceptors (Lipinski definition) is 3. The van der Waals surface area contributed by atoms with Crippen molar-refractivity contribution >= 4 is 17.4 Å². The van der Waals surface area contributed by atoms with Crippen molar-refractivity contribution in [3.63, 3.8) is 0 Å². The van der Waals surface area contributed by atoms with Gasteiger partial charge >= 0.3 is 0 Å². The Bertz CT molecular complexity index is 632. The van der Waals surface area contributed by atoms with Gasteiger partial charge in [0.15, 0.2) is 0 Å². The van der Waals surface area contributed by atoms with Gasteiger partial charge in [-0.1, -0.05) is 18.2 Å². The summed E-state index contributed by atoms with van der Waals surface area (Å²) in [6, 6.07) is 9.79. The van der Waals surface area contributed by atoms with Crippen LogP contribution in [0, 0.1) is 6.92 Å². The molecule has 5 nitrogen and oxygen atoms in total. The van der Waals surface area contributed by atoms with E-state index < -0.39 is 0 Å². The first-order chi connectivity index (χ1) is 9.15. The Morgan fingerprint density at radius 1 is 1.47 bits per heavy atom. The van der Waals surface area contributed by atoms with E-state index in [9.17, 15) is 4.79 Å². The first-order valence-electron chi connectivity index (χ1n) is 6.29. The maximum atomic E-state index is 12.3. The van der Waals surface area contributed by atoms with E-state index >= 15 is 0 Å². The molecule has 0 saturated carbocycles. The van der Waals surface area contributed by atoms with Crippen LogP contribution in [0.4, 0.5) is 11.5 Å². The number of carbonyl (C=O) groups excluding carboxylic acids is 1. The number of carbonyl (C=O) groups is 1. The van der Waals surface area contributed by atoms with Gasteiger partial charge in [-0.05, 0) is 18.6 Å². The highest BCUT2D eigenvalue weighted by molar-refractivity contribution is 5.97. The van der Waals surface area contributed by atoms with Crippen LogP contribution in [0.25, 0.3) is 0 Å². The summed E-state index contributed by atoms with van der Waals surface area (Å²) in [6.07, 6.45) is 0. The van der Waals surface area contributed by atoms with Crippen LogP contribution in [0.5, 0.6) is 0 Å². The van der Waals surface area contributed by atoms with E-state index in [0.29, 0.717) is 6.54 Å². The van der Waals surface area contributed by atoms with Crippen molar-refractivity contribution in [2.75, 3.05) is 17.2 Å². The third-order valence-electron chi connectivity index (χ3n) is 3.40. The van der Waals surface area contributed by atoms with Crippen LogP contribution in [0.1, 0.15) is 17.2 Å². The molecule has 1 amide bonds. The Morgan fingerprint density at radius 2 is 2.26 bits per heavy atom. The van der Waals surface area contributed by atoms with Gasteiger partial charge in [0.2, 0.25) is 5.91 Å². The van der Waals surface area contributed by atoms with Crippen molar-refractivity contribution in [3.8, 4) is 0 Å². The molecular weight excluding hydrogens is 240 g/mol. The van der Waals surface area contributed by atoms with Crippen molar-refractivity contribution in [1.29, 1.82) is 0 Å². The number of aryl methyl sites for hydroxylation is 2. The zero-order valence-electron chi connectivity index (χ0n) is 11.0. The number of fused-ring (bicyclic) bond motifs is 1.